The van der Waals surface area contributed by atoms with Gasteiger partial charge in [-0.05, 0) is 0 Å². The monoisotopic (exact) mass is 225 g/mol. The largest absolute Gasteiger partial charge is 0.370 e. The molecule has 0 fully saturated rings. The van der Waals surface area contributed by atoms with E-state index in [2.05, 4.69) is 4.99 Å². The first-order chi connectivity index (χ1) is 6.86. The highest BCUT2D eigenvalue weighted by Crippen LogP contribution is 2.28. The molecule has 0 spiro atoms. The summed E-state index contributed by atoms with van der Waals surface area (Å²) in [7, 11) is 0. The van der Waals surface area contributed by atoms with Gasteiger partial charge in [0.25, 0.3) is 0 Å². The van der Waals surface area contributed by atoms with Crippen LogP contribution in [0.2, 0.25) is 0 Å². The molecule has 0 radical (unpaired) electrons. The molecule has 1 aromatic carbocycles. The fourth-order valence-corrected chi connectivity index (χ4v) is 0.821. The van der Waals surface area contributed by atoms with Crippen LogP contribution in [0.3, 0.4) is 0 Å². The van der Waals surface area contributed by atoms with E-state index in [1.807, 2.05) is 0 Å². The summed E-state index contributed by atoms with van der Waals surface area (Å²) in [5.41, 5.74) is 8.10. The highest BCUT2D eigenvalue weighted by molar-refractivity contribution is 5.79. The molecule has 82 valence electrons. The summed E-state index contributed by atoms with van der Waals surface area (Å²) in [6.45, 7) is 0. The maximum absolute atomic E-state index is 12.8. The molecule has 0 bridgehead atoms. The van der Waals surface area contributed by atoms with Crippen LogP contribution in [0.4, 0.5) is 27.6 Å². The summed E-state index contributed by atoms with van der Waals surface area (Å²) < 4.78 is 63.2. The second kappa shape index (κ2) is 3.71. The van der Waals surface area contributed by atoms with Gasteiger partial charge >= 0.3 is 0 Å². The van der Waals surface area contributed by atoms with Crippen LogP contribution in [0.1, 0.15) is 0 Å². The number of hydrogen-bond donors (Lipinski definition) is 2. The molecule has 15 heavy (non-hydrogen) atoms. The number of nitrogens with two attached hydrogens (primary N) is 2. The smallest absolute Gasteiger partial charge is 0.200 e. The zero-order valence-corrected chi connectivity index (χ0v) is 6.99. The van der Waals surface area contributed by atoms with Gasteiger partial charge in [-0.15, -0.1) is 0 Å². The lowest BCUT2D eigenvalue weighted by Crippen LogP contribution is -2.22. The summed E-state index contributed by atoms with van der Waals surface area (Å²) in [6, 6.07) is 0. The van der Waals surface area contributed by atoms with Crippen molar-refractivity contribution < 1.29 is 22.0 Å². The lowest BCUT2D eigenvalue weighted by atomic mass is 10.2. The van der Waals surface area contributed by atoms with Gasteiger partial charge in [0.2, 0.25) is 5.82 Å². The van der Waals surface area contributed by atoms with E-state index in [1.165, 1.54) is 0 Å². The van der Waals surface area contributed by atoms with Crippen molar-refractivity contribution in [2.75, 3.05) is 0 Å². The average Bonchev–Trinajstić information content (AvgIpc) is 2.18. The Hall–Kier alpha value is -1.86. The molecule has 3 nitrogen and oxygen atoms in total. The number of halogens is 5. The maximum atomic E-state index is 12.8. The summed E-state index contributed by atoms with van der Waals surface area (Å²) in [6.07, 6.45) is 0. The average molecular weight is 225 g/mol. The molecule has 0 aliphatic carbocycles. The van der Waals surface area contributed by atoms with Crippen LogP contribution >= 0.6 is 0 Å². The van der Waals surface area contributed by atoms with E-state index in [1.54, 1.807) is 0 Å². The number of rotatable bonds is 1. The molecular weight excluding hydrogens is 221 g/mol. The summed E-state index contributed by atoms with van der Waals surface area (Å²) >= 11 is 0. The van der Waals surface area contributed by atoms with E-state index in [0.717, 1.165) is 0 Å². The van der Waals surface area contributed by atoms with Crippen LogP contribution in [0.15, 0.2) is 4.99 Å². The quantitative estimate of drug-likeness (QED) is 0.248. The molecular formula is C7H4F5N3. The Balaban J connectivity index is 3.60. The molecule has 0 saturated carbocycles. The number of nitrogens with zero attached hydrogens (tertiary/aromatic N) is 1. The van der Waals surface area contributed by atoms with Gasteiger partial charge < -0.3 is 11.5 Å². The zero-order valence-electron chi connectivity index (χ0n) is 6.99. The summed E-state index contributed by atoms with van der Waals surface area (Å²) in [5, 5.41) is 0. The standard InChI is InChI=1S/C7H4F5N3/c8-1-2(9)4(11)6(15-7(13)14)5(12)3(1)10/h(H4,13,14,15). The molecule has 8 heteroatoms. The molecule has 0 unspecified atom stereocenters. The third-order valence-electron chi connectivity index (χ3n) is 1.43. The van der Waals surface area contributed by atoms with Gasteiger partial charge in [-0.25, -0.2) is 26.9 Å². The zero-order chi connectivity index (χ0) is 11.7. The molecule has 0 heterocycles. The minimum Gasteiger partial charge on any atom is -0.370 e. The Morgan fingerprint density at radius 3 is 1.40 bits per heavy atom. The van der Waals surface area contributed by atoms with Crippen molar-refractivity contribution in [1.29, 1.82) is 0 Å². The van der Waals surface area contributed by atoms with E-state index >= 15 is 0 Å². The van der Waals surface area contributed by atoms with Gasteiger partial charge in [0.05, 0.1) is 0 Å². The SMILES string of the molecule is NC(N)=Nc1c(F)c(F)c(F)c(F)c1F. The Bertz CT molecular complexity index is 410. The Morgan fingerprint density at radius 1 is 0.733 bits per heavy atom. The van der Waals surface area contributed by atoms with Crippen molar-refractivity contribution >= 4 is 11.6 Å². The van der Waals surface area contributed by atoms with Gasteiger partial charge in [-0.3, -0.25) is 0 Å². The van der Waals surface area contributed by atoms with Crippen molar-refractivity contribution in [3.63, 3.8) is 0 Å². The number of aliphatic imine (C=N–C) groups is 1. The lowest BCUT2D eigenvalue weighted by Gasteiger charge is -2.03. The van der Waals surface area contributed by atoms with E-state index in [9.17, 15) is 22.0 Å². The number of guanidine groups is 1. The Morgan fingerprint density at radius 2 is 1.07 bits per heavy atom. The molecule has 0 amide bonds. The fourth-order valence-electron chi connectivity index (χ4n) is 0.821. The predicted octanol–water partition coefficient (Wildman–Crippen LogP) is 1.29. The van der Waals surface area contributed by atoms with Crippen molar-refractivity contribution in [2.45, 2.75) is 0 Å². The minimum atomic E-state index is -2.26. The highest BCUT2D eigenvalue weighted by Gasteiger charge is 2.25. The van der Waals surface area contributed by atoms with Gasteiger partial charge in [0, 0.05) is 0 Å². The van der Waals surface area contributed by atoms with Gasteiger partial charge in [-0.1, -0.05) is 0 Å². The summed E-state index contributed by atoms with van der Waals surface area (Å²) in [5.74, 6) is -11.5. The van der Waals surface area contributed by atoms with E-state index in [-0.39, 0.29) is 0 Å². The van der Waals surface area contributed by atoms with Gasteiger partial charge in [0.15, 0.2) is 29.2 Å². The Kier molecular flexibility index (Phi) is 2.78. The van der Waals surface area contributed by atoms with Crippen molar-refractivity contribution in [3.8, 4) is 0 Å². The lowest BCUT2D eigenvalue weighted by molar-refractivity contribution is 0.381. The third kappa shape index (κ3) is 1.83. The molecule has 4 N–H and O–H groups in total. The molecule has 1 aromatic rings. The maximum Gasteiger partial charge on any atom is 0.200 e. The second-order valence-electron chi connectivity index (χ2n) is 2.46. The van der Waals surface area contributed by atoms with E-state index in [0.29, 0.717) is 0 Å². The van der Waals surface area contributed by atoms with Crippen LogP contribution in [-0.4, -0.2) is 5.96 Å². The van der Waals surface area contributed by atoms with Crippen molar-refractivity contribution in [3.05, 3.63) is 29.1 Å². The first-order valence-electron chi connectivity index (χ1n) is 3.47. The van der Waals surface area contributed by atoms with Gasteiger partial charge in [0.1, 0.15) is 5.69 Å². The second-order valence-corrected chi connectivity index (χ2v) is 2.46. The normalized spacial score (nSPS) is 10.2. The number of benzene rings is 1. The predicted molar refractivity (Wildman–Crippen MR) is 41.7 cm³/mol. The van der Waals surface area contributed by atoms with Gasteiger partial charge in [-0.2, -0.15) is 0 Å². The molecule has 0 aromatic heterocycles. The van der Waals surface area contributed by atoms with Crippen LogP contribution in [0.5, 0.6) is 0 Å². The van der Waals surface area contributed by atoms with Crippen LogP contribution < -0.4 is 11.5 Å². The molecule has 0 atom stereocenters. The molecule has 1 rings (SSSR count). The van der Waals surface area contributed by atoms with Crippen molar-refractivity contribution in [2.24, 2.45) is 16.5 Å². The highest BCUT2D eigenvalue weighted by atomic mass is 19.2. The molecule has 0 aliphatic heterocycles. The first kappa shape index (κ1) is 11.2. The first-order valence-corrected chi connectivity index (χ1v) is 3.47. The molecule has 0 saturated heterocycles. The minimum absolute atomic E-state index is 0.821. The topological polar surface area (TPSA) is 64.4 Å². The van der Waals surface area contributed by atoms with Crippen molar-refractivity contribution in [1.82, 2.24) is 0 Å². The third-order valence-corrected chi connectivity index (χ3v) is 1.43. The fraction of sp³-hybridized carbons (Fsp3) is 0. The van der Waals surface area contributed by atoms with E-state index in [4.69, 9.17) is 11.5 Å². The Labute approximate surface area is 80.2 Å². The van der Waals surface area contributed by atoms with Crippen LogP contribution in [0, 0.1) is 29.1 Å². The van der Waals surface area contributed by atoms with Crippen LogP contribution in [-0.2, 0) is 0 Å². The number of hydrogen-bond acceptors (Lipinski definition) is 1. The summed E-state index contributed by atoms with van der Waals surface area (Å²) in [4.78, 5) is 2.80. The molecule has 0 aliphatic rings. The van der Waals surface area contributed by atoms with E-state index < -0.39 is 40.7 Å². The van der Waals surface area contributed by atoms with Crippen LogP contribution in [0.25, 0.3) is 0 Å².